The highest BCUT2D eigenvalue weighted by Crippen LogP contribution is 2.38. The molecule has 0 saturated carbocycles. The number of rotatable bonds is 2. The van der Waals surface area contributed by atoms with Crippen molar-refractivity contribution in [2.24, 2.45) is 0 Å². The molecule has 0 atom stereocenters. The molecule has 0 aliphatic rings. The maximum absolute atomic E-state index is 12.4. The van der Waals surface area contributed by atoms with Crippen molar-refractivity contribution in [2.75, 3.05) is 0 Å². The molecule has 0 bridgehead atoms. The van der Waals surface area contributed by atoms with Gasteiger partial charge in [0.2, 0.25) is 0 Å². The van der Waals surface area contributed by atoms with Crippen molar-refractivity contribution < 1.29 is 43.2 Å². The summed E-state index contributed by atoms with van der Waals surface area (Å²) in [5.41, 5.74) is -12.1. The van der Waals surface area contributed by atoms with Gasteiger partial charge in [-0.3, -0.25) is 0 Å². The normalized spacial score (nSPS) is 14.2. The lowest BCUT2D eigenvalue weighted by Gasteiger charge is -2.13. The highest BCUT2D eigenvalue weighted by Gasteiger charge is 2.54. The summed E-state index contributed by atoms with van der Waals surface area (Å²) < 4.78 is 119. The molecule has 21 heavy (non-hydrogen) atoms. The Balaban J connectivity index is 3.84. The lowest BCUT2D eigenvalue weighted by atomic mass is 10.5. The van der Waals surface area contributed by atoms with Crippen molar-refractivity contribution in [2.45, 2.75) is 20.9 Å². The van der Waals surface area contributed by atoms with E-state index >= 15 is 0 Å². The van der Waals surface area contributed by atoms with Gasteiger partial charge in [-0.1, -0.05) is 11.6 Å². The molecule has 0 N–H and O–H groups in total. The molecule has 14 heteroatoms. The first-order valence-corrected chi connectivity index (χ1v) is 7.75. The largest absolute Gasteiger partial charge is 0.503 e. The van der Waals surface area contributed by atoms with Gasteiger partial charge in [0.15, 0.2) is 5.03 Å². The molecule has 1 heterocycles. The summed E-state index contributed by atoms with van der Waals surface area (Å²) in [5, 5.41) is -3.09. The van der Waals surface area contributed by atoms with Gasteiger partial charge in [-0.25, -0.2) is 21.8 Å². The number of hydrogen-bond acceptors (Lipinski definition) is 5. The van der Waals surface area contributed by atoms with E-state index in [-0.39, 0.29) is 12.3 Å². The standard InChI is InChI=1S/C7H2ClF6NO4S2/c8-3-1-4(20(16,17)6(9,10)11)5(15-2-3)21(18,19)7(12,13)14/h1-2H. The molecule has 0 aliphatic heterocycles. The molecule has 0 unspecified atom stereocenters. The second-order valence-corrected chi connectivity index (χ2v) is 7.56. The number of sulfone groups is 2. The smallest absolute Gasteiger partial charge is 0.242 e. The summed E-state index contributed by atoms with van der Waals surface area (Å²) in [5.74, 6) is 0. The van der Waals surface area contributed by atoms with Crippen molar-refractivity contribution >= 4 is 31.3 Å². The van der Waals surface area contributed by atoms with E-state index in [1.807, 2.05) is 0 Å². The summed E-state index contributed by atoms with van der Waals surface area (Å²) in [4.78, 5) is 0.382. The van der Waals surface area contributed by atoms with Crippen molar-refractivity contribution in [3.05, 3.63) is 17.3 Å². The van der Waals surface area contributed by atoms with E-state index in [4.69, 9.17) is 11.6 Å². The lowest BCUT2D eigenvalue weighted by molar-refractivity contribution is -0.0458. The minimum Gasteiger partial charge on any atom is -0.242 e. The quantitative estimate of drug-likeness (QED) is 0.739. The van der Waals surface area contributed by atoms with E-state index in [9.17, 15) is 43.2 Å². The number of hydrogen-bond donors (Lipinski definition) is 0. The van der Waals surface area contributed by atoms with Gasteiger partial charge < -0.3 is 0 Å². The van der Waals surface area contributed by atoms with Crippen molar-refractivity contribution in [1.82, 2.24) is 4.98 Å². The van der Waals surface area contributed by atoms with Crippen LogP contribution in [0.25, 0.3) is 0 Å². The van der Waals surface area contributed by atoms with E-state index in [0.717, 1.165) is 0 Å². The third kappa shape index (κ3) is 3.08. The average molecular weight is 378 g/mol. The summed E-state index contributed by atoms with van der Waals surface area (Å²) in [6, 6.07) is -0.0734. The number of aromatic nitrogens is 1. The van der Waals surface area contributed by atoms with Gasteiger partial charge in [0.25, 0.3) is 19.7 Å². The van der Waals surface area contributed by atoms with Crippen LogP contribution >= 0.6 is 11.6 Å². The van der Waals surface area contributed by atoms with Crippen LogP contribution in [0.15, 0.2) is 22.2 Å². The van der Waals surface area contributed by atoms with Crippen LogP contribution in [-0.2, 0) is 19.7 Å². The first-order valence-electron chi connectivity index (χ1n) is 4.40. The van der Waals surface area contributed by atoms with Crippen LogP contribution in [0.1, 0.15) is 0 Å². The van der Waals surface area contributed by atoms with E-state index in [2.05, 4.69) is 4.98 Å². The monoisotopic (exact) mass is 377 g/mol. The lowest BCUT2D eigenvalue weighted by Crippen LogP contribution is -2.30. The molecule has 0 amide bonds. The third-order valence-electron chi connectivity index (χ3n) is 1.94. The molecule has 5 nitrogen and oxygen atoms in total. The fourth-order valence-electron chi connectivity index (χ4n) is 1.04. The number of nitrogens with zero attached hydrogens (tertiary/aromatic N) is 1. The fraction of sp³-hybridized carbons (Fsp3) is 0.286. The number of halogens is 7. The Hall–Kier alpha value is -1.08. The molecule has 1 aromatic heterocycles. The molecular weight excluding hydrogens is 376 g/mol. The molecule has 0 saturated heterocycles. The second-order valence-electron chi connectivity index (χ2n) is 3.36. The van der Waals surface area contributed by atoms with Crippen molar-refractivity contribution in [3.63, 3.8) is 0 Å². The molecule has 120 valence electrons. The maximum atomic E-state index is 12.4. The molecule has 0 aliphatic carbocycles. The Bertz CT molecular complexity index is 767. The van der Waals surface area contributed by atoms with Crippen LogP contribution in [0.5, 0.6) is 0 Å². The van der Waals surface area contributed by atoms with Gasteiger partial charge in [-0.05, 0) is 6.07 Å². The van der Waals surface area contributed by atoms with Crippen LogP contribution < -0.4 is 0 Å². The Morgan fingerprint density at radius 3 is 1.71 bits per heavy atom. The van der Waals surface area contributed by atoms with Crippen molar-refractivity contribution in [3.8, 4) is 0 Å². The van der Waals surface area contributed by atoms with Crippen LogP contribution in [0, 0.1) is 0 Å². The van der Waals surface area contributed by atoms with Crippen LogP contribution in [0.3, 0.4) is 0 Å². The van der Waals surface area contributed by atoms with E-state index in [0.29, 0.717) is 0 Å². The fourth-order valence-corrected chi connectivity index (χ4v) is 3.47. The zero-order valence-electron chi connectivity index (χ0n) is 9.20. The van der Waals surface area contributed by atoms with Gasteiger partial charge in [-0.2, -0.15) is 26.3 Å². The topological polar surface area (TPSA) is 81.2 Å². The third-order valence-corrected chi connectivity index (χ3v) is 5.22. The van der Waals surface area contributed by atoms with Gasteiger partial charge >= 0.3 is 11.0 Å². The molecule has 0 fully saturated rings. The van der Waals surface area contributed by atoms with E-state index in [1.165, 1.54) is 0 Å². The predicted molar refractivity (Wildman–Crippen MR) is 55.7 cm³/mol. The van der Waals surface area contributed by atoms with E-state index < -0.39 is 45.6 Å². The van der Waals surface area contributed by atoms with Crippen molar-refractivity contribution in [1.29, 1.82) is 0 Å². The molecule has 0 aromatic carbocycles. The zero-order valence-corrected chi connectivity index (χ0v) is 11.6. The van der Waals surface area contributed by atoms with E-state index in [1.54, 1.807) is 0 Å². The van der Waals surface area contributed by atoms with Gasteiger partial charge in [0.1, 0.15) is 4.90 Å². The summed E-state index contributed by atoms with van der Waals surface area (Å²) in [7, 11) is -12.8. The highest BCUT2D eigenvalue weighted by atomic mass is 35.5. The Morgan fingerprint density at radius 2 is 1.33 bits per heavy atom. The Kier molecular flexibility index (Phi) is 4.26. The maximum Gasteiger partial charge on any atom is 0.503 e. The van der Waals surface area contributed by atoms with Gasteiger partial charge in [0, 0.05) is 6.20 Å². The first-order chi connectivity index (χ1) is 9.12. The average Bonchev–Trinajstić information content (AvgIpc) is 2.25. The number of pyridine rings is 1. The van der Waals surface area contributed by atoms with Crippen LogP contribution in [-0.4, -0.2) is 32.8 Å². The Labute approximate surface area is 118 Å². The first kappa shape index (κ1) is 18.0. The predicted octanol–water partition coefficient (Wildman–Crippen LogP) is 2.32. The van der Waals surface area contributed by atoms with Gasteiger partial charge in [0.05, 0.1) is 5.02 Å². The van der Waals surface area contributed by atoms with Crippen LogP contribution in [0.2, 0.25) is 5.02 Å². The molecule has 0 radical (unpaired) electrons. The SMILES string of the molecule is O=S(=O)(c1cc(Cl)cnc1S(=O)(=O)C(F)(F)F)C(F)(F)F. The molecular formula is C7H2ClF6NO4S2. The summed E-state index contributed by atoms with van der Waals surface area (Å²) in [6.07, 6.45) is 0.273. The molecule has 0 spiro atoms. The molecule has 1 rings (SSSR count). The minimum atomic E-state index is -6.42. The summed E-state index contributed by atoms with van der Waals surface area (Å²) in [6.45, 7) is 0. The highest BCUT2D eigenvalue weighted by molar-refractivity contribution is 7.95. The molecule has 1 aromatic rings. The number of alkyl halides is 6. The second kappa shape index (κ2) is 4.98. The minimum absolute atomic E-state index is 0.0734. The van der Waals surface area contributed by atoms with Gasteiger partial charge in [-0.15, -0.1) is 0 Å². The summed E-state index contributed by atoms with van der Waals surface area (Å²) >= 11 is 5.17. The zero-order chi connectivity index (χ0) is 16.9. The van der Waals surface area contributed by atoms with Crippen LogP contribution in [0.4, 0.5) is 26.3 Å². The Morgan fingerprint density at radius 1 is 0.905 bits per heavy atom.